The maximum atomic E-state index is 12.9. The number of aryl methyl sites for hydroxylation is 1. The number of hydrogen-bond donors (Lipinski definition) is 1. The first-order valence-corrected chi connectivity index (χ1v) is 11.5. The molecule has 7 heteroatoms. The van der Waals surface area contributed by atoms with Gasteiger partial charge in [-0.15, -0.1) is 0 Å². The molecule has 1 amide bonds. The van der Waals surface area contributed by atoms with Crippen molar-refractivity contribution in [1.29, 1.82) is 0 Å². The lowest BCUT2D eigenvalue weighted by molar-refractivity contribution is -0.118. The Bertz CT molecular complexity index is 1190. The van der Waals surface area contributed by atoms with Crippen LogP contribution in [-0.4, -0.2) is 31.8 Å². The topological polar surface area (TPSA) is 75.7 Å². The molecule has 3 aromatic rings. The van der Waals surface area contributed by atoms with E-state index < -0.39 is 10.0 Å². The molecule has 3 aromatic carbocycles. The highest BCUT2D eigenvalue weighted by molar-refractivity contribution is 7.89. The van der Waals surface area contributed by atoms with Crippen LogP contribution in [0, 0.1) is 6.92 Å². The highest BCUT2D eigenvalue weighted by Crippen LogP contribution is 2.27. The van der Waals surface area contributed by atoms with Gasteiger partial charge in [0, 0.05) is 18.8 Å². The Morgan fingerprint density at radius 2 is 1.74 bits per heavy atom. The standard InChI is InChI=1S/C24H24N2O4S/c1-18-7-5-6-10-23(18)30-17-24(27)25-21-12-11-19-13-14-26(16-20(19)15-21)31(28,29)22-8-3-2-4-9-22/h2-12,15H,13-14,16-17H2,1H3,(H,25,27). The number of para-hydroxylation sites is 1. The quantitative estimate of drug-likeness (QED) is 0.638. The molecule has 0 radical (unpaired) electrons. The van der Waals surface area contributed by atoms with Gasteiger partial charge in [0.2, 0.25) is 10.0 Å². The molecule has 0 bridgehead atoms. The second kappa shape index (κ2) is 8.91. The Labute approximate surface area is 182 Å². The van der Waals surface area contributed by atoms with Crippen molar-refractivity contribution in [3.63, 3.8) is 0 Å². The van der Waals surface area contributed by atoms with Crippen molar-refractivity contribution in [2.75, 3.05) is 18.5 Å². The van der Waals surface area contributed by atoms with Gasteiger partial charge in [0.25, 0.3) is 5.91 Å². The van der Waals surface area contributed by atoms with Crippen molar-refractivity contribution in [3.05, 3.63) is 89.5 Å². The zero-order chi connectivity index (χ0) is 21.8. The van der Waals surface area contributed by atoms with Crippen LogP contribution in [0.15, 0.2) is 77.7 Å². The molecule has 160 valence electrons. The largest absolute Gasteiger partial charge is 0.483 e. The lowest BCUT2D eigenvalue weighted by Crippen LogP contribution is -2.36. The summed E-state index contributed by atoms with van der Waals surface area (Å²) in [4.78, 5) is 12.6. The zero-order valence-corrected chi connectivity index (χ0v) is 18.1. The van der Waals surface area contributed by atoms with E-state index in [1.54, 1.807) is 30.3 Å². The van der Waals surface area contributed by atoms with Crippen LogP contribution < -0.4 is 10.1 Å². The molecular formula is C24H24N2O4S. The van der Waals surface area contributed by atoms with Crippen LogP contribution in [0.4, 0.5) is 5.69 Å². The number of amides is 1. The van der Waals surface area contributed by atoms with Gasteiger partial charge < -0.3 is 10.1 Å². The Balaban J connectivity index is 1.43. The number of sulfonamides is 1. The van der Waals surface area contributed by atoms with E-state index in [1.807, 2.05) is 49.4 Å². The number of hydrogen-bond acceptors (Lipinski definition) is 4. The number of ether oxygens (including phenoxy) is 1. The number of carbonyl (C=O) groups is 1. The molecule has 6 nitrogen and oxygen atoms in total. The third-order valence-electron chi connectivity index (χ3n) is 5.30. The van der Waals surface area contributed by atoms with Gasteiger partial charge in [0.05, 0.1) is 4.90 Å². The molecule has 0 saturated carbocycles. The van der Waals surface area contributed by atoms with Crippen LogP contribution in [0.1, 0.15) is 16.7 Å². The van der Waals surface area contributed by atoms with Gasteiger partial charge in [0.15, 0.2) is 6.61 Å². The minimum Gasteiger partial charge on any atom is -0.483 e. The number of fused-ring (bicyclic) bond motifs is 1. The van der Waals surface area contributed by atoms with Crippen molar-refractivity contribution < 1.29 is 17.9 Å². The molecule has 0 saturated heterocycles. The van der Waals surface area contributed by atoms with E-state index >= 15 is 0 Å². The lowest BCUT2D eigenvalue weighted by atomic mass is 10.0. The van der Waals surface area contributed by atoms with Crippen molar-refractivity contribution in [2.45, 2.75) is 24.8 Å². The van der Waals surface area contributed by atoms with Crippen LogP contribution >= 0.6 is 0 Å². The van der Waals surface area contributed by atoms with E-state index in [-0.39, 0.29) is 24.0 Å². The molecule has 0 aliphatic carbocycles. The maximum Gasteiger partial charge on any atom is 0.262 e. The maximum absolute atomic E-state index is 12.9. The minimum absolute atomic E-state index is 0.101. The van der Waals surface area contributed by atoms with Gasteiger partial charge in [-0.3, -0.25) is 4.79 Å². The Morgan fingerprint density at radius 1 is 1.00 bits per heavy atom. The average molecular weight is 437 g/mol. The number of nitrogens with zero attached hydrogens (tertiary/aromatic N) is 1. The first kappa shape index (κ1) is 21.1. The molecule has 0 unspecified atom stereocenters. The van der Waals surface area contributed by atoms with Gasteiger partial charge >= 0.3 is 0 Å². The molecule has 0 atom stereocenters. The van der Waals surface area contributed by atoms with Crippen molar-refractivity contribution >= 4 is 21.6 Å². The van der Waals surface area contributed by atoms with Crippen LogP contribution in [0.5, 0.6) is 5.75 Å². The monoisotopic (exact) mass is 436 g/mol. The summed E-state index contributed by atoms with van der Waals surface area (Å²) < 4.78 is 33.0. The molecule has 1 N–H and O–H groups in total. The van der Waals surface area contributed by atoms with Crippen molar-refractivity contribution in [3.8, 4) is 5.75 Å². The number of carbonyl (C=O) groups excluding carboxylic acids is 1. The second-order valence-corrected chi connectivity index (χ2v) is 9.43. The fourth-order valence-corrected chi connectivity index (χ4v) is 5.05. The summed E-state index contributed by atoms with van der Waals surface area (Å²) >= 11 is 0. The van der Waals surface area contributed by atoms with Gasteiger partial charge in [-0.2, -0.15) is 4.31 Å². The first-order chi connectivity index (χ1) is 14.9. The third-order valence-corrected chi connectivity index (χ3v) is 7.16. The second-order valence-electron chi connectivity index (χ2n) is 7.49. The number of nitrogens with one attached hydrogen (secondary N) is 1. The Morgan fingerprint density at radius 3 is 2.52 bits per heavy atom. The van der Waals surface area contributed by atoms with E-state index in [1.165, 1.54) is 4.31 Å². The molecule has 0 spiro atoms. The van der Waals surface area contributed by atoms with Crippen molar-refractivity contribution in [1.82, 2.24) is 4.31 Å². The fourth-order valence-electron chi connectivity index (χ4n) is 3.61. The third kappa shape index (κ3) is 4.78. The molecule has 1 heterocycles. The van der Waals surface area contributed by atoms with Crippen LogP contribution in [0.2, 0.25) is 0 Å². The summed E-state index contributed by atoms with van der Waals surface area (Å²) in [6.45, 7) is 2.53. The molecule has 4 rings (SSSR count). The molecule has 31 heavy (non-hydrogen) atoms. The van der Waals surface area contributed by atoms with Gasteiger partial charge in [-0.25, -0.2) is 8.42 Å². The predicted octanol–water partition coefficient (Wildman–Crippen LogP) is 3.76. The Kier molecular flexibility index (Phi) is 6.06. The molecule has 0 fully saturated rings. The van der Waals surface area contributed by atoms with Crippen LogP contribution in [0.3, 0.4) is 0 Å². The summed E-state index contributed by atoms with van der Waals surface area (Å²) in [5.41, 5.74) is 3.57. The van der Waals surface area contributed by atoms with E-state index in [9.17, 15) is 13.2 Å². The van der Waals surface area contributed by atoms with Gasteiger partial charge in [-0.05, 0) is 60.4 Å². The number of anilines is 1. The summed E-state index contributed by atoms with van der Waals surface area (Å²) in [6, 6.07) is 21.6. The molecular weight excluding hydrogens is 412 g/mol. The SMILES string of the molecule is Cc1ccccc1OCC(=O)Nc1ccc2c(c1)CN(S(=O)(=O)c1ccccc1)CC2. The smallest absolute Gasteiger partial charge is 0.262 e. The first-order valence-electron chi connectivity index (χ1n) is 10.1. The van der Waals surface area contributed by atoms with Gasteiger partial charge in [-0.1, -0.05) is 42.5 Å². The molecule has 1 aliphatic rings. The number of benzene rings is 3. The lowest BCUT2D eigenvalue weighted by Gasteiger charge is -2.28. The van der Waals surface area contributed by atoms with Crippen LogP contribution in [0.25, 0.3) is 0 Å². The summed E-state index contributed by atoms with van der Waals surface area (Å²) in [7, 11) is -3.56. The van der Waals surface area contributed by atoms with E-state index in [4.69, 9.17) is 4.74 Å². The highest BCUT2D eigenvalue weighted by atomic mass is 32.2. The predicted molar refractivity (Wildman–Crippen MR) is 119 cm³/mol. The normalized spacial score (nSPS) is 14.0. The summed E-state index contributed by atoms with van der Waals surface area (Å²) in [6.07, 6.45) is 0.631. The van der Waals surface area contributed by atoms with Crippen LogP contribution in [-0.2, 0) is 27.8 Å². The summed E-state index contributed by atoms with van der Waals surface area (Å²) in [5.74, 6) is 0.401. The van der Waals surface area contributed by atoms with E-state index in [0.717, 1.165) is 16.7 Å². The van der Waals surface area contributed by atoms with Crippen molar-refractivity contribution in [2.24, 2.45) is 0 Å². The van der Waals surface area contributed by atoms with E-state index in [2.05, 4.69) is 5.32 Å². The summed E-state index contributed by atoms with van der Waals surface area (Å²) in [5, 5.41) is 2.84. The highest BCUT2D eigenvalue weighted by Gasteiger charge is 2.28. The fraction of sp³-hybridized carbons (Fsp3) is 0.208. The zero-order valence-electron chi connectivity index (χ0n) is 17.2. The molecule has 0 aromatic heterocycles. The molecule has 1 aliphatic heterocycles. The Hall–Kier alpha value is -3.16. The minimum atomic E-state index is -3.56. The number of rotatable bonds is 6. The van der Waals surface area contributed by atoms with E-state index in [0.29, 0.717) is 24.4 Å². The average Bonchev–Trinajstić information content (AvgIpc) is 2.78. The van der Waals surface area contributed by atoms with Gasteiger partial charge in [0.1, 0.15) is 5.75 Å².